The number of hydrogen-bond donors (Lipinski definition) is 3. The predicted octanol–water partition coefficient (Wildman–Crippen LogP) is 6.64. The third kappa shape index (κ3) is 11.9. The first kappa shape index (κ1) is 48.4. The topological polar surface area (TPSA) is 178 Å². The quantitative estimate of drug-likeness (QED) is 0.152. The Hall–Kier alpha value is -3.62. The molecule has 1 saturated carbocycles. The highest BCUT2D eigenvalue weighted by Crippen LogP contribution is 2.39. The average molecular weight is 854 g/mol. The molecule has 340 valence electrons. The number of esters is 1. The maximum Gasteiger partial charge on any atom is 0.329 e. The molecule has 2 bridgehead atoms. The van der Waals surface area contributed by atoms with Gasteiger partial charge in [0.1, 0.15) is 41.6 Å². The van der Waals surface area contributed by atoms with Gasteiger partial charge in [-0.2, -0.15) is 0 Å². The molecule has 1 aliphatic carbocycles. The Morgan fingerprint density at radius 2 is 1.62 bits per heavy atom. The van der Waals surface area contributed by atoms with E-state index in [9.17, 15) is 34.5 Å². The number of aliphatic hydroxyl groups is 2. The summed E-state index contributed by atoms with van der Waals surface area (Å²) >= 11 is 0. The number of methoxy groups -OCH3 is 2. The molecule has 13 atom stereocenters. The van der Waals surface area contributed by atoms with Crippen LogP contribution in [0.25, 0.3) is 0 Å². The van der Waals surface area contributed by atoms with Crippen LogP contribution in [0.2, 0.25) is 0 Å². The summed E-state index contributed by atoms with van der Waals surface area (Å²) in [5.74, 6) is -5.85. The number of fused-ring (bicyclic) bond motifs is 3. The van der Waals surface area contributed by atoms with Gasteiger partial charge < -0.3 is 43.9 Å². The van der Waals surface area contributed by atoms with Crippen LogP contribution in [-0.4, -0.2) is 113 Å². The second-order valence-electron chi connectivity index (χ2n) is 18.4. The van der Waals surface area contributed by atoms with Crippen LogP contribution >= 0.6 is 0 Å². The molecule has 1 amide bonds. The van der Waals surface area contributed by atoms with Crippen molar-refractivity contribution in [2.24, 2.45) is 29.6 Å². The number of ether oxygens (including phenoxy) is 5. The Kier molecular flexibility index (Phi) is 17.2. The van der Waals surface area contributed by atoms with Crippen molar-refractivity contribution in [3.05, 3.63) is 47.6 Å². The number of piperidine rings is 1. The normalized spacial score (nSPS) is 36.9. The molecule has 0 aromatic heterocycles. The summed E-state index contributed by atoms with van der Waals surface area (Å²) in [4.78, 5) is 58.0. The lowest BCUT2D eigenvalue weighted by atomic mass is 9.82. The van der Waals surface area contributed by atoms with Gasteiger partial charge in [0.2, 0.25) is 5.79 Å². The summed E-state index contributed by atoms with van der Waals surface area (Å²) in [5, 5.41) is 32.9. The van der Waals surface area contributed by atoms with Crippen LogP contribution in [0.1, 0.15) is 119 Å². The maximum atomic E-state index is 14.4. The minimum atomic E-state index is -2.49. The van der Waals surface area contributed by atoms with Crippen molar-refractivity contribution in [3.8, 4) is 11.5 Å². The Morgan fingerprint density at radius 3 is 2.28 bits per heavy atom. The fraction of sp³-hybridized carbons (Fsp3) is 0.708. The number of aliphatic hydroxyl groups excluding tert-OH is 1. The summed E-state index contributed by atoms with van der Waals surface area (Å²) < 4.78 is 30.5. The number of carbonyl (C=O) groups excluding carboxylic acids is 4. The van der Waals surface area contributed by atoms with Crippen LogP contribution in [0.4, 0.5) is 0 Å². The van der Waals surface area contributed by atoms with E-state index in [1.165, 1.54) is 17.0 Å². The highest BCUT2D eigenvalue weighted by molar-refractivity contribution is 6.39. The molecule has 13 heteroatoms. The highest BCUT2D eigenvalue weighted by atomic mass is 16.7. The molecular formula is C48H71NO12. The monoisotopic (exact) mass is 853 g/mol. The van der Waals surface area contributed by atoms with Crippen molar-refractivity contribution in [2.45, 2.75) is 167 Å². The zero-order valence-corrected chi connectivity index (χ0v) is 37.5. The van der Waals surface area contributed by atoms with Gasteiger partial charge in [-0.25, -0.2) is 4.79 Å². The van der Waals surface area contributed by atoms with Crippen molar-refractivity contribution in [1.82, 2.24) is 4.90 Å². The first-order valence-corrected chi connectivity index (χ1v) is 22.5. The zero-order chi connectivity index (χ0) is 44.6. The number of ketones is 2. The van der Waals surface area contributed by atoms with Gasteiger partial charge in [0.25, 0.3) is 11.7 Å². The number of carbonyl (C=O) groups is 4. The number of allylic oxidation sites excluding steroid dienone is 3. The number of nitrogens with zero attached hydrogens (tertiary/aromatic N) is 1. The fourth-order valence-electron chi connectivity index (χ4n) is 9.99. The molecule has 4 aliphatic rings. The van der Waals surface area contributed by atoms with E-state index in [2.05, 4.69) is 13.0 Å². The molecule has 3 fully saturated rings. The largest absolute Gasteiger partial charge is 0.508 e. The van der Waals surface area contributed by atoms with Gasteiger partial charge >= 0.3 is 5.97 Å². The number of benzene rings is 1. The van der Waals surface area contributed by atoms with E-state index >= 15 is 0 Å². The number of phenolic OH excluding ortho intramolecular Hbond substituents is 1. The van der Waals surface area contributed by atoms with Crippen molar-refractivity contribution in [1.29, 1.82) is 0 Å². The van der Waals surface area contributed by atoms with E-state index in [1.807, 2.05) is 33.8 Å². The number of aromatic hydroxyl groups is 1. The number of cyclic esters (lactones) is 1. The predicted molar refractivity (Wildman–Crippen MR) is 228 cm³/mol. The van der Waals surface area contributed by atoms with Crippen LogP contribution in [0.15, 0.2) is 47.6 Å². The van der Waals surface area contributed by atoms with E-state index in [-0.39, 0.29) is 61.0 Å². The van der Waals surface area contributed by atoms with Crippen molar-refractivity contribution >= 4 is 23.4 Å². The van der Waals surface area contributed by atoms with Gasteiger partial charge in [-0.1, -0.05) is 45.4 Å². The minimum absolute atomic E-state index is 0.0461. The van der Waals surface area contributed by atoms with Crippen LogP contribution in [0, 0.1) is 29.6 Å². The molecule has 13 unspecified atom stereocenters. The first-order chi connectivity index (χ1) is 29.0. The molecule has 1 aromatic rings. The van der Waals surface area contributed by atoms with Crippen LogP contribution < -0.4 is 4.74 Å². The molecule has 5 rings (SSSR count). The second kappa shape index (κ2) is 21.6. The fourth-order valence-corrected chi connectivity index (χ4v) is 9.99. The van der Waals surface area contributed by atoms with Gasteiger partial charge in [0, 0.05) is 39.0 Å². The summed E-state index contributed by atoms with van der Waals surface area (Å²) in [5.41, 5.74) is 1.83. The van der Waals surface area contributed by atoms with Crippen molar-refractivity contribution in [2.75, 3.05) is 20.8 Å². The molecule has 61 heavy (non-hydrogen) atoms. The van der Waals surface area contributed by atoms with E-state index in [4.69, 9.17) is 23.7 Å². The third-order valence-corrected chi connectivity index (χ3v) is 13.6. The SMILES string of the molecule is CCC1C=C(C)CC(C)CC(OC)C2OC(O)(C(=O)C(=O)N3CCCCC3C(=O)OC(C(C)=CC3CCC(Oc4ccc(O)cc4)C(O)C3)C(C)CCC1=O)C(C)CC2OC. The lowest BCUT2D eigenvalue weighted by Crippen LogP contribution is -2.64. The van der Waals surface area contributed by atoms with E-state index in [1.54, 1.807) is 33.3 Å². The van der Waals surface area contributed by atoms with Crippen LogP contribution in [0.5, 0.6) is 11.5 Å². The summed E-state index contributed by atoms with van der Waals surface area (Å²) in [6, 6.07) is 5.32. The third-order valence-electron chi connectivity index (χ3n) is 13.6. The number of amides is 1. The van der Waals surface area contributed by atoms with Gasteiger partial charge in [0.05, 0.1) is 18.3 Å². The van der Waals surface area contributed by atoms with Crippen LogP contribution in [0.3, 0.4) is 0 Å². The van der Waals surface area contributed by atoms with Gasteiger partial charge in [-0.3, -0.25) is 14.4 Å². The highest BCUT2D eigenvalue weighted by Gasteiger charge is 2.56. The molecular weight excluding hydrogens is 783 g/mol. The van der Waals surface area contributed by atoms with Crippen molar-refractivity contribution in [3.63, 3.8) is 0 Å². The minimum Gasteiger partial charge on any atom is -0.508 e. The number of Topliss-reactive ketones (excluding diaryl/α,β-unsaturated/α-hetero) is 2. The molecule has 2 saturated heterocycles. The molecule has 0 spiro atoms. The number of rotatable bonds is 7. The van der Waals surface area contributed by atoms with E-state index in [0.717, 1.165) is 11.1 Å². The Bertz CT molecular complexity index is 1730. The molecule has 13 nitrogen and oxygen atoms in total. The molecule has 0 radical (unpaired) electrons. The molecule has 3 aliphatic heterocycles. The molecule has 1 aromatic carbocycles. The zero-order valence-electron chi connectivity index (χ0n) is 37.5. The van der Waals surface area contributed by atoms with Crippen molar-refractivity contribution < 1.29 is 58.2 Å². The van der Waals surface area contributed by atoms with E-state index < -0.39 is 72.0 Å². The maximum absolute atomic E-state index is 14.4. The average Bonchev–Trinajstić information content (AvgIpc) is 3.24. The summed E-state index contributed by atoms with van der Waals surface area (Å²) in [6.07, 6.45) is 6.12. The Morgan fingerprint density at radius 1 is 0.934 bits per heavy atom. The van der Waals surface area contributed by atoms with Gasteiger partial charge in [-0.15, -0.1) is 0 Å². The molecule has 3 heterocycles. The molecule has 3 N–H and O–H groups in total. The Balaban J connectivity index is 1.45. The lowest BCUT2D eigenvalue weighted by Gasteiger charge is -2.47. The summed E-state index contributed by atoms with van der Waals surface area (Å²) in [6.45, 7) is 11.7. The second-order valence-corrected chi connectivity index (χ2v) is 18.4. The van der Waals surface area contributed by atoms with Crippen LogP contribution in [-0.2, 0) is 38.1 Å². The van der Waals surface area contributed by atoms with Gasteiger partial charge in [0.15, 0.2) is 0 Å². The van der Waals surface area contributed by atoms with E-state index in [0.29, 0.717) is 63.5 Å². The number of hydrogen-bond acceptors (Lipinski definition) is 12. The standard InChI is InChI=1S/C48H71NO12/c1-9-34-23-28(2)22-29(3)24-41(57-7)44-42(58-8)26-32(6)48(56,61-44)45(53)46(54)49-21-11-10-12-37(49)47(55)60-43(30(4)13-19-38(34)51)31(5)25-33-14-20-40(39(52)27-33)59-36-17-15-35(50)16-18-36/h15-18,23,25,29-30,32-34,37,39-44,50,52,56H,9-14,19-22,24,26-27H2,1-8H3. The number of phenols is 1. The summed E-state index contributed by atoms with van der Waals surface area (Å²) in [7, 11) is 3.09. The smallest absolute Gasteiger partial charge is 0.329 e. The Labute approximate surface area is 362 Å². The van der Waals surface area contributed by atoms with Gasteiger partial charge in [-0.05, 0) is 132 Å². The first-order valence-electron chi connectivity index (χ1n) is 22.5. The lowest BCUT2D eigenvalue weighted by molar-refractivity contribution is -0.302.